The summed E-state index contributed by atoms with van der Waals surface area (Å²) in [5.74, 6) is -0.175. The lowest BCUT2D eigenvalue weighted by Crippen LogP contribution is -2.49. The van der Waals surface area contributed by atoms with Gasteiger partial charge in [0.25, 0.3) is 5.91 Å². The molecule has 6 nitrogen and oxygen atoms in total. The van der Waals surface area contributed by atoms with E-state index in [1.165, 1.54) is 16.9 Å². The van der Waals surface area contributed by atoms with E-state index in [1.807, 2.05) is 4.90 Å². The summed E-state index contributed by atoms with van der Waals surface area (Å²) in [7, 11) is 1.64. The number of benzene rings is 1. The summed E-state index contributed by atoms with van der Waals surface area (Å²) >= 11 is 0. The second-order valence-corrected chi connectivity index (χ2v) is 5.57. The van der Waals surface area contributed by atoms with E-state index in [2.05, 4.69) is 10.3 Å². The number of anilines is 1. The lowest BCUT2D eigenvalue weighted by Gasteiger charge is -2.36. The number of carbonyl (C=O) groups is 1. The molecule has 0 atom stereocenters. The number of halogens is 3. The van der Waals surface area contributed by atoms with Gasteiger partial charge >= 0.3 is 6.18 Å². The first-order valence-electron chi connectivity index (χ1n) is 7.42. The van der Waals surface area contributed by atoms with E-state index in [4.69, 9.17) is 0 Å². The number of aromatic nitrogens is 3. The fraction of sp³-hybridized carbons (Fsp3) is 0.400. The number of rotatable bonds is 2. The van der Waals surface area contributed by atoms with E-state index in [-0.39, 0.29) is 5.91 Å². The molecule has 0 spiro atoms. The number of hydrogen-bond donors (Lipinski definition) is 0. The highest BCUT2D eigenvalue weighted by atomic mass is 19.4. The molecular weight excluding hydrogens is 323 g/mol. The fourth-order valence-electron chi connectivity index (χ4n) is 2.69. The summed E-state index contributed by atoms with van der Waals surface area (Å²) in [6.45, 7) is 1.80. The topological polar surface area (TPSA) is 54.3 Å². The Morgan fingerprint density at radius 1 is 1.17 bits per heavy atom. The Morgan fingerprint density at radius 3 is 2.46 bits per heavy atom. The van der Waals surface area contributed by atoms with Crippen LogP contribution in [0.5, 0.6) is 0 Å². The molecule has 1 fully saturated rings. The van der Waals surface area contributed by atoms with Crippen LogP contribution in [-0.4, -0.2) is 52.0 Å². The molecule has 0 unspecified atom stereocenters. The Bertz CT molecular complexity index is 735. The van der Waals surface area contributed by atoms with Crippen LogP contribution in [-0.2, 0) is 13.2 Å². The van der Waals surface area contributed by atoms with E-state index in [0.717, 1.165) is 12.1 Å². The zero-order chi connectivity index (χ0) is 17.3. The van der Waals surface area contributed by atoms with Crippen LogP contribution in [0.3, 0.4) is 0 Å². The van der Waals surface area contributed by atoms with Gasteiger partial charge in [-0.15, -0.1) is 5.10 Å². The third-order valence-corrected chi connectivity index (χ3v) is 4.04. The minimum atomic E-state index is -4.36. The van der Waals surface area contributed by atoms with Gasteiger partial charge in [0.1, 0.15) is 5.69 Å². The van der Waals surface area contributed by atoms with Crippen molar-refractivity contribution in [2.75, 3.05) is 31.1 Å². The molecule has 0 aliphatic carbocycles. The van der Waals surface area contributed by atoms with Crippen molar-refractivity contribution in [2.45, 2.75) is 6.18 Å². The van der Waals surface area contributed by atoms with Gasteiger partial charge in [-0.1, -0.05) is 11.3 Å². The molecule has 0 radical (unpaired) electrons. The average molecular weight is 339 g/mol. The Labute approximate surface area is 136 Å². The first kappa shape index (κ1) is 16.3. The summed E-state index contributed by atoms with van der Waals surface area (Å²) in [4.78, 5) is 15.9. The van der Waals surface area contributed by atoms with Gasteiger partial charge in [0, 0.05) is 38.9 Å². The third-order valence-electron chi connectivity index (χ3n) is 4.04. The van der Waals surface area contributed by atoms with Gasteiger partial charge in [-0.05, 0) is 18.2 Å². The van der Waals surface area contributed by atoms with Crippen molar-refractivity contribution in [1.29, 1.82) is 0 Å². The summed E-state index contributed by atoms with van der Waals surface area (Å²) in [5.41, 5.74) is 0.237. The van der Waals surface area contributed by atoms with E-state index in [1.54, 1.807) is 18.0 Å². The molecule has 1 amide bonds. The standard InChI is InChI=1S/C15H16F3N5O/c1-21-13(10-19-20-21)14(24)23-7-5-22(6-8-23)12-4-2-3-11(9-12)15(16,17)18/h2-4,9-10H,5-8H2,1H3. The van der Waals surface area contributed by atoms with Crippen molar-refractivity contribution >= 4 is 11.6 Å². The van der Waals surface area contributed by atoms with Crippen molar-refractivity contribution in [3.63, 3.8) is 0 Å². The van der Waals surface area contributed by atoms with Crippen molar-refractivity contribution in [1.82, 2.24) is 19.9 Å². The molecule has 0 N–H and O–H groups in total. The molecule has 2 heterocycles. The third kappa shape index (κ3) is 3.19. The molecule has 24 heavy (non-hydrogen) atoms. The zero-order valence-electron chi connectivity index (χ0n) is 13.0. The van der Waals surface area contributed by atoms with Crippen LogP contribution in [0.25, 0.3) is 0 Å². The average Bonchev–Trinajstić information content (AvgIpc) is 3.00. The van der Waals surface area contributed by atoms with Gasteiger partial charge < -0.3 is 9.80 Å². The summed E-state index contributed by atoms with van der Waals surface area (Å²) in [6, 6.07) is 5.25. The molecule has 9 heteroatoms. The van der Waals surface area contributed by atoms with Gasteiger partial charge in [0.15, 0.2) is 0 Å². The van der Waals surface area contributed by atoms with Gasteiger partial charge in [-0.3, -0.25) is 4.79 Å². The number of piperazine rings is 1. The lowest BCUT2D eigenvalue weighted by atomic mass is 10.1. The lowest BCUT2D eigenvalue weighted by molar-refractivity contribution is -0.137. The monoisotopic (exact) mass is 339 g/mol. The van der Waals surface area contributed by atoms with Gasteiger partial charge in [0.05, 0.1) is 11.8 Å². The molecular formula is C15H16F3N5O. The van der Waals surface area contributed by atoms with Crippen molar-refractivity contribution < 1.29 is 18.0 Å². The molecule has 2 aromatic rings. The molecule has 128 valence electrons. The molecule has 1 aliphatic rings. The largest absolute Gasteiger partial charge is 0.416 e. The number of hydrogen-bond acceptors (Lipinski definition) is 4. The SMILES string of the molecule is Cn1nncc1C(=O)N1CCN(c2cccc(C(F)(F)F)c2)CC1. The smallest absolute Gasteiger partial charge is 0.368 e. The van der Waals surface area contributed by atoms with Crippen LogP contribution in [0.4, 0.5) is 18.9 Å². The number of aryl methyl sites for hydroxylation is 1. The van der Waals surface area contributed by atoms with Gasteiger partial charge in [0.2, 0.25) is 0 Å². The molecule has 1 saturated heterocycles. The zero-order valence-corrected chi connectivity index (χ0v) is 13.0. The first-order chi connectivity index (χ1) is 11.4. The highest BCUT2D eigenvalue weighted by Gasteiger charge is 2.31. The number of amides is 1. The number of alkyl halides is 3. The molecule has 1 aromatic heterocycles. The van der Waals surface area contributed by atoms with Gasteiger partial charge in [-0.25, -0.2) is 4.68 Å². The minimum absolute atomic E-state index is 0.175. The van der Waals surface area contributed by atoms with E-state index in [9.17, 15) is 18.0 Å². The van der Waals surface area contributed by atoms with Crippen LogP contribution < -0.4 is 4.90 Å². The number of nitrogens with zero attached hydrogens (tertiary/aromatic N) is 5. The highest BCUT2D eigenvalue weighted by molar-refractivity contribution is 5.92. The Morgan fingerprint density at radius 2 is 1.88 bits per heavy atom. The Hall–Kier alpha value is -2.58. The van der Waals surface area contributed by atoms with Gasteiger partial charge in [-0.2, -0.15) is 13.2 Å². The Kier molecular flexibility index (Phi) is 4.16. The summed E-state index contributed by atoms with van der Waals surface area (Å²) in [5, 5.41) is 7.41. The normalized spacial score (nSPS) is 15.7. The molecule has 3 rings (SSSR count). The van der Waals surface area contributed by atoms with Crippen LogP contribution in [0.1, 0.15) is 16.1 Å². The molecule has 0 saturated carbocycles. The predicted octanol–water partition coefficient (Wildman–Crippen LogP) is 1.80. The van der Waals surface area contributed by atoms with Crippen LogP contribution >= 0.6 is 0 Å². The maximum atomic E-state index is 12.8. The quantitative estimate of drug-likeness (QED) is 0.837. The molecule has 1 aromatic carbocycles. The summed E-state index contributed by atoms with van der Waals surface area (Å²) < 4.78 is 39.8. The molecule has 0 bridgehead atoms. The molecule has 1 aliphatic heterocycles. The van der Waals surface area contributed by atoms with Crippen molar-refractivity contribution in [3.05, 3.63) is 41.7 Å². The second kappa shape index (κ2) is 6.14. The van der Waals surface area contributed by atoms with Crippen molar-refractivity contribution in [2.24, 2.45) is 7.05 Å². The summed E-state index contributed by atoms with van der Waals surface area (Å²) in [6.07, 6.45) is -2.96. The van der Waals surface area contributed by atoms with E-state index < -0.39 is 11.7 Å². The van der Waals surface area contributed by atoms with Crippen LogP contribution in [0.15, 0.2) is 30.5 Å². The highest BCUT2D eigenvalue weighted by Crippen LogP contribution is 2.31. The fourth-order valence-corrected chi connectivity index (χ4v) is 2.69. The Balaban J connectivity index is 1.67. The maximum absolute atomic E-state index is 12.8. The van der Waals surface area contributed by atoms with E-state index >= 15 is 0 Å². The first-order valence-corrected chi connectivity index (χ1v) is 7.42. The van der Waals surface area contributed by atoms with Crippen LogP contribution in [0, 0.1) is 0 Å². The minimum Gasteiger partial charge on any atom is -0.368 e. The van der Waals surface area contributed by atoms with Crippen LogP contribution in [0.2, 0.25) is 0 Å². The second-order valence-electron chi connectivity index (χ2n) is 5.57. The van der Waals surface area contributed by atoms with Crippen molar-refractivity contribution in [3.8, 4) is 0 Å². The van der Waals surface area contributed by atoms with E-state index in [0.29, 0.717) is 37.6 Å². The number of carbonyl (C=O) groups excluding carboxylic acids is 1. The predicted molar refractivity (Wildman–Crippen MR) is 80.6 cm³/mol. The maximum Gasteiger partial charge on any atom is 0.416 e.